The van der Waals surface area contributed by atoms with E-state index in [1.807, 2.05) is 13.8 Å². The molecule has 12 heavy (non-hydrogen) atoms. The Balaban J connectivity index is 2.97. The Hall–Kier alpha value is -0.610. The maximum atomic E-state index is 11.4. The number of rotatable bonds is 2. The third kappa shape index (κ3) is 0.949. The number of hydroxylamine groups is 1. The molecule has 1 aliphatic rings. The number of nitrogens with one attached hydrogen (secondary N) is 1. The van der Waals surface area contributed by atoms with Gasteiger partial charge < -0.3 is 9.94 Å². The molecular weight excluding hydrogens is 156 g/mol. The zero-order chi connectivity index (χ0) is 9.41. The molecule has 0 saturated carbocycles. The minimum absolute atomic E-state index is 0.545. The van der Waals surface area contributed by atoms with E-state index in [9.17, 15) is 5.21 Å². The molecule has 0 aromatic carbocycles. The molecule has 0 aliphatic carbocycles. The molecule has 1 aliphatic heterocycles. The molecule has 0 aromatic rings. The van der Waals surface area contributed by atoms with E-state index in [-0.39, 0.29) is 0 Å². The van der Waals surface area contributed by atoms with Crippen LogP contribution in [0.3, 0.4) is 0 Å². The average molecular weight is 172 g/mol. The molecular formula is C8H16N2O2. The van der Waals surface area contributed by atoms with Gasteiger partial charge in [-0.25, -0.2) is 4.74 Å². The smallest absolute Gasteiger partial charge is 0.209 e. The van der Waals surface area contributed by atoms with Gasteiger partial charge >= 0.3 is 0 Å². The summed E-state index contributed by atoms with van der Waals surface area (Å²) < 4.78 is 6.30. The van der Waals surface area contributed by atoms with Crippen LogP contribution in [0.25, 0.3) is 0 Å². The van der Waals surface area contributed by atoms with Gasteiger partial charge in [-0.3, -0.25) is 5.32 Å². The third-order valence-corrected chi connectivity index (χ3v) is 2.84. The molecule has 0 fully saturated rings. The zero-order valence-electron chi connectivity index (χ0n) is 8.05. The summed E-state index contributed by atoms with van der Waals surface area (Å²) >= 11 is 0. The minimum Gasteiger partial charge on any atom is -0.624 e. The van der Waals surface area contributed by atoms with Crippen molar-refractivity contribution in [2.75, 3.05) is 14.2 Å². The standard InChI is InChI=1S/C8H16N2O2/c1-7(2)8(9-3,12-4)5-6-10(7)11/h6,9H,5H2,1-4H3. The molecule has 70 valence electrons. The first kappa shape index (κ1) is 9.48. The maximum Gasteiger partial charge on any atom is 0.209 e. The van der Waals surface area contributed by atoms with Gasteiger partial charge in [0, 0.05) is 21.0 Å². The van der Waals surface area contributed by atoms with Gasteiger partial charge in [0.25, 0.3) is 0 Å². The second-order valence-corrected chi connectivity index (χ2v) is 3.55. The van der Waals surface area contributed by atoms with Crippen molar-refractivity contribution in [1.82, 2.24) is 5.32 Å². The number of hydrogen-bond donors (Lipinski definition) is 1. The van der Waals surface area contributed by atoms with Crippen LogP contribution in [0.1, 0.15) is 20.3 Å². The molecule has 0 bridgehead atoms. The van der Waals surface area contributed by atoms with Gasteiger partial charge in [-0.1, -0.05) is 0 Å². The summed E-state index contributed by atoms with van der Waals surface area (Å²) in [6.07, 6.45) is 2.22. The Morgan fingerprint density at radius 1 is 1.58 bits per heavy atom. The second-order valence-electron chi connectivity index (χ2n) is 3.55. The van der Waals surface area contributed by atoms with E-state index >= 15 is 0 Å². The van der Waals surface area contributed by atoms with Crippen molar-refractivity contribution in [2.24, 2.45) is 0 Å². The minimum atomic E-state index is -0.547. The van der Waals surface area contributed by atoms with E-state index in [0.29, 0.717) is 6.42 Å². The average Bonchev–Trinajstić information content (AvgIpc) is 2.26. The summed E-state index contributed by atoms with van der Waals surface area (Å²) in [4.78, 5) is 0. The van der Waals surface area contributed by atoms with Gasteiger partial charge in [0.05, 0.1) is 6.42 Å². The Kier molecular flexibility index (Phi) is 2.14. The lowest BCUT2D eigenvalue weighted by Gasteiger charge is -2.36. The van der Waals surface area contributed by atoms with Crippen molar-refractivity contribution < 1.29 is 9.48 Å². The number of hydrogen-bond acceptors (Lipinski definition) is 3. The fourth-order valence-corrected chi connectivity index (χ4v) is 1.71. The molecule has 1 N–H and O–H groups in total. The Bertz CT molecular complexity index is 207. The number of likely N-dealkylation sites (N-methyl/N-ethyl adjacent to an activating group) is 1. The van der Waals surface area contributed by atoms with Gasteiger partial charge in [-0.2, -0.15) is 0 Å². The van der Waals surface area contributed by atoms with Gasteiger partial charge in [0.1, 0.15) is 0 Å². The molecule has 0 radical (unpaired) electrons. The summed E-state index contributed by atoms with van der Waals surface area (Å²) in [5.41, 5.74) is -1.09. The van der Waals surface area contributed by atoms with E-state index in [1.54, 1.807) is 20.4 Å². The van der Waals surface area contributed by atoms with Crippen molar-refractivity contribution in [3.05, 3.63) is 5.21 Å². The van der Waals surface area contributed by atoms with Gasteiger partial charge in [0.15, 0.2) is 11.9 Å². The van der Waals surface area contributed by atoms with E-state index < -0.39 is 11.3 Å². The third-order valence-electron chi connectivity index (χ3n) is 2.84. The van der Waals surface area contributed by atoms with Gasteiger partial charge in [-0.15, -0.1) is 0 Å². The monoisotopic (exact) mass is 172 g/mol. The lowest BCUT2D eigenvalue weighted by Crippen LogP contribution is -2.60. The highest BCUT2D eigenvalue weighted by Gasteiger charge is 2.55. The van der Waals surface area contributed by atoms with Gasteiger partial charge in [-0.05, 0) is 7.05 Å². The molecule has 0 amide bonds. The molecule has 1 heterocycles. The number of ether oxygens (including phenoxy) is 1. The van der Waals surface area contributed by atoms with Crippen LogP contribution in [0, 0.1) is 5.21 Å². The van der Waals surface area contributed by atoms with Crippen LogP contribution >= 0.6 is 0 Å². The van der Waals surface area contributed by atoms with Crippen LogP contribution in [-0.4, -0.2) is 36.4 Å². The SMILES string of the molecule is CNC1(OC)CC=[N+]([O-])C1(C)C. The second kappa shape index (κ2) is 2.71. The van der Waals surface area contributed by atoms with E-state index in [0.717, 1.165) is 4.74 Å². The summed E-state index contributed by atoms with van der Waals surface area (Å²) in [6.45, 7) is 3.73. The Labute approximate surface area is 72.8 Å². The molecule has 1 atom stereocenters. The van der Waals surface area contributed by atoms with Crippen LogP contribution < -0.4 is 5.32 Å². The fourth-order valence-electron chi connectivity index (χ4n) is 1.71. The number of methoxy groups -OCH3 is 1. The molecule has 1 rings (SSSR count). The molecule has 4 heteroatoms. The first-order chi connectivity index (χ1) is 5.50. The lowest BCUT2D eigenvalue weighted by molar-refractivity contribution is -0.551. The molecule has 0 saturated heterocycles. The van der Waals surface area contributed by atoms with Crippen molar-refractivity contribution in [1.29, 1.82) is 0 Å². The van der Waals surface area contributed by atoms with Crippen LogP contribution in [0.15, 0.2) is 0 Å². The Morgan fingerprint density at radius 3 is 2.33 bits per heavy atom. The molecule has 0 spiro atoms. The highest BCUT2D eigenvalue weighted by Crippen LogP contribution is 2.32. The van der Waals surface area contributed by atoms with Crippen molar-refractivity contribution in [3.63, 3.8) is 0 Å². The first-order valence-corrected chi connectivity index (χ1v) is 4.04. The first-order valence-electron chi connectivity index (χ1n) is 4.04. The van der Waals surface area contributed by atoms with E-state index in [1.165, 1.54) is 0 Å². The van der Waals surface area contributed by atoms with E-state index in [2.05, 4.69) is 5.32 Å². The number of nitrogens with zero attached hydrogens (tertiary/aromatic N) is 1. The van der Waals surface area contributed by atoms with Crippen molar-refractivity contribution in [3.8, 4) is 0 Å². The lowest BCUT2D eigenvalue weighted by atomic mass is 9.91. The van der Waals surface area contributed by atoms with Crippen molar-refractivity contribution in [2.45, 2.75) is 31.5 Å². The molecule has 1 unspecified atom stereocenters. The Morgan fingerprint density at radius 2 is 2.17 bits per heavy atom. The van der Waals surface area contributed by atoms with Crippen LogP contribution in [-0.2, 0) is 4.74 Å². The zero-order valence-corrected chi connectivity index (χ0v) is 8.05. The van der Waals surface area contributed by atoms with E-state index in [4.69, 9.17) is 4.74 Å². The largest absolute Gasteiger partial charge is 0.624 e. The summed E-state index contributed by atoms with van der Waals surface area (Å²) in [5, 5.41) is 14.4. The summed E-state index contributed by atoms with van der Waals surface area (Å²) in [7, 11) is 3.42. The predicted octanol–water partition coefficient (Wildman–Crippen LogP) is 0.312. The van der Waals surface area contributed by atoms with Crippen molar-refractivity contribution >= 4 is 6.21 Å². The normalized spacial score (nSPS) is 33.5. The van der Waals surface area contributed by atoms with Crippen LogP contribution in [0.5, 0.6) is 0 Å². The highest BCUT2D eigenvalue weighted by molar-refractivity contribution is 5.56. The van der Waals surface area contributed by atoms with Crippen LogP contribution in [0.4, 0.5) is 0 Å². The fraction of sp³-hybridized carbons (Fsp3) is 0.875. The predicted molar refractivity (Wildman–Crippen MR) is 47.2 cm³/mol. The maximum absolute atomic E-state index is 11.4. The topological polar surface area (TPSA) is 47.3 Å². The quantitative estimate of drug-likeness (QED) is 0.370. The molecule has 4 nitrogen and oxygen atoms in total. The summed E-state index contributed by atoms with van der Waals surface area (Å²) in [6, 6.07) is 0. The highest BCUT2D eigenvalue weighted by atomic mass is 16.5. The molecule has 0 aromatic heterocycles. The van der Waals surface area contributed by atoms with Gasteiger partial charge in [0.2, 0.25) is 5.54 Å². The van der Waals surface area contributed by atoms with Crippen LogP contribution in [0.2, 0.25) is 0 Å². The summed E-state index contributed by atoms with van der Waals surface area (Å²) in [5.74, 6) is 0.